The molecule has 0 saturated heterocycles. The van der Waals surface area contributed by atoms with Crippen LogP contribution in [-0.4, -0.2) is 25.6 Å². The van der Waals surface area contributed by atoms with Crippen molar-refractivity contribution in [2.75, 3.05) is 11.6 Å². The number of benzene rings is 3. The number of amides is 1. The molecule has 0 atom stereocenters. The molecule has 1 N–H and O–H groups in total. The number of nitrogens with zero attached hydrogens (tertiary/aromatic N) is 1. The van der Waals surface area contributed by atoms with Crippen LogP contribution >= 0.6 is 34.8 Å². The molecule has 0 aliphatic rings. The highest BCUT2D eigenvalue weighted by Gasteiger charge is 2.20. The van der Waals surface area contributed by atoms with E-state index in [1.807, 2.05) is 12.1 Å². The predicted molar refractivity (Wildman–Crippen MR) is 138 cm³/mol. The Labute approximate surface area is 212 Å². The van der Waals surface area contributed by atoms with Gasteiger partial charge in [-0.05, 0) is 60.2 Å². The van der Waals surface area contributed by atoms with Gasteiger partial charge in [0.1, 0.15) is 0 Å². The highest BCUT2D eigenvalue weighted by atomic mass is 35.5. The first-order chi connectivity index (χ1) is 16.1. The number of nitrogens with one attached hydrogen (secondary N) is 1. The van der Waals surface area contributed by atoms with Gasteiger partial charge in [-0.15, -0.1) is 0 Å². The Hall–Kier alpha value is -2.90. The Morgan fingerprint density at radius 2 is 1.62 bits per heavy atom. The van der Waals surface area contributed by atoms with Crippen LogP contribution in [0.25, 0.3) is 22.4 Å². The van der Waals surface area contributed by atoms with Crippen molar-refractivity contribution in [3.63, 3.8) is 0 Å². The number of hydrogen-bond donors (Lipinski definition) is 1. The zero-order chi connectivity index (χ0) is 24.5. The minimum Gasteiger partial charge on any atom is -0.322 e. The standard InChI is InChI=1S/C25H17Cl3N2O3S/c1-34(32,33)16-9-10-18(19(14-16)17-5-4-6-22(27)24(17)28)25(31)30-15-8-11-21(26)20(13-15)23-7-2-3-12-29-23/h2-14H,1H3,(H,30,31). The van der Waals surface area contributed by atoms with E-state index >= 15 is 0 Å². The van der Waals surface area contributed by atoms with Crippen molar-refractivity contribution in [1.29, 1.82) is 0 Å². The first kappa shape index (κ1) is 24.2. The lowest BCUT2D eigenvalue weighted by Gasteiger charge is -2.14. The molecule has 172 valence electrons. The Morgan fingerprint density at radius 1 is 0.824 bits per heavy atom. The summed E-state index contributed by atoms with van der Waals surface area (Å²) >= 11 is 18.9. The normalized spacial score (nSPS) is 11.3. The number of carbonyl (C=O) groups is 1. The summed E-state index contributed by atoms with van der Waals surface area (Å²) in [4.78, 5) is 17.7. The molecule has 0 spiro atoms. The molecule has 34 heavy (non-hydrogen) atoms. The fourth-order valence-corrected chi connectivity index (χ4v) is 4.67. The van der Waals surface area contributed by atoms with Crippen LogP contribution in [0.1, 0.15) is 10.4 Å². The maximum Gasteiger partial charge on any atom is 0.256 e. The van der Waals surface area contributed by atoms with Crippen LogP contribution in [-0.2, 0) is 9.84 Å². The number of pyridine rings is 1. The number of carbonyl (C=O) groups excluding carboxylic acids is 1. The van der Waals surface area contributed by atoms with Crippen molar-refractivity contribution >= 4 is 56.2 Å². The molecule has 1 aromatic heterocycles. The molecular weight excluding hydrogens is 515 g/mol. The fourth-order valence-electron chi connectivity index (χ4n) is 3.41. The minimum atomic E-state index is -3.53. The molecule has 1 amide bonds. The largest absolute Gasteiger partial charge is 0.322 e. The summed E-state index contributed by atoms with van der Waals surface area (Å²) in [6.07, 6.45) is 2.75. The molecule has 5 nitrogen and oxygen atoms in total. The average molecular weight is 532 g/mol. The molecule has 0 aliphatic heterocycles. The maximum atomic E-state index is 13.3. The summed E-state index contributed by atoms with van der Waals surface area (Å²) < 4.78 is 24.3. The minimum absolute atomic E-state index is 0.0547. The molecule has 0 radical (unpaired) electrons. The summed E-state index contributed by atoms with van der Waals surface area (Å²) in [6, 6.07) is 19.7. The van der Waals surface area contributed by atoms with Gasteiger partial charge in [-0.1, -0.05) is 53.0 Å². The van der Waals surface area contributed by atoms with E-state index in [4.69, 9.17) is 34.8 Å². The lowest BCUT2D eigenvalue weighted by atomic mass is 9.99. The topological polar surface area (TPSA) is 76.1 Å². The van der Waals surface area contributed by atoms with E-state index in [0.717, 1.165) is 6.26 Å². The van der Waals surface area contributed by atoms with Gasteiger partial charge in [-0.3, -0.25) is 9.78 Å². The van der Waals surface area contributed by atoms with Crippen LogP contribution < -0.4 is 5.32 Å². The fraction of sp³-hybridized carbons (Fsp3) is 0.0400. The van der Waals surface area contributed by atoms with Gasteiger partial charge in [0, 0.05) is 34.8 Å². The lowest BCUT2D eigenvalue weighted by molar-refractivity contribution is 0.102. The summed E-state index contributed by atoms with van der Waals surface area (Å²) in [7, 11) is -3.53. The molecule has 3 aromatic carbocycles. The van der Waals surface area contributed by atoms with E-state index in [1.165, 1.54) is 18.2 Å². The van der Waals surface area contributed by atoms with E-state index in [2.05, 4.69) is 10.3 Å². The monoisotopic (exact) mass is 530 g/mol. The van der Waals surface area contributed by atoms with Gasteiger partial charge in [0.25, 0.3) is 5.91 Å². The van der Waals surface area contributed by atoms with Crippen molar-refractivity contribution in [1.82, 2.24) is 4.98 Å². The van der Waals surface area contributed by atoms with Crippen LogP contribution in [0.5, 0.6) is 0 Å². The van der Waals surface area contributed by atoms with E-state index < -0.39 is 15.7 Å². The second-order valence-electron chi connectivity index (χ2n) is 7.44. The Morgan fingerprint density at radius 3 is 2.32 bits per heavy atom. The third-order valence-corrected chi connectivity index (χ3v) is 7.33. The highest BCUT2D eigenvalue weighted by molar-refractivity contribution is 7.90. The Balaban J connectivity index is 1.78. The van der Waals surface area contributed by atoms with Crippen molar-refractivity contribution in [2.45, 2.75) is 4.90 Å². The number of sulfone groups is 1. The molecular formula is C25H17Cl3N2O3S. The van der Waals surface area contributed by atoms with Crippen LogP contribution in [0.15, 0.2) is 83.9 Å². The molecule has 4 aromatic rings. The van der Waals surface area contributed by atoms with Crippen molar-refractivity contribution < 1.29 is 13.2 Å². The summed E-state index contributed by atoms with van der Waals surface area (Å²) in [5, 5.41) is 3.83. The first-order valence-corrected chi connectivity index (χ1v) is 13.0. The van der Waals surface area contributed by atoms with Gasteiger partial charge < -0.3 is 5.32 Å². The Bertz CT molecular complexity index is 1510. The van der Waals surface area contributed by atoms with Crippen LogP contribution in [0.3, 0.4) is 0 Å². The van der Waals surface area contributed by atoms with Gasteiger partial charge in [-0.2, -0.15) is 0 Å². The average Bonchev–Trinajstić information content (AvgIpc) is 2.81. The number of hydrogen-bond acceptors (Lipinski definition) is 4. The second-order valence-corrected chi connectivity index (χ2v) is 10.7. The third kappa shape index (κ3) is 5.10. The van der Waals surface area contributed by atoms with Gasteiger partial charge in [0.05, 0.1) is 25.7 Å². The molecule has 9 heteroatoms. The Kier molecular flexibility index (Phi) is 6.96. The quantitative estimate of drug-likeness (QED) is 0.300. The van der Waals surface area contributed by atoms with Crippen molar-refractivity contribution in [3.05, 3.63) is 99.6 Å². The molecule has 0 aliphatic carbocycles. The lowest BCUT2D eigenvalue weighted by Crippen LogP contribution is -2.14. The summed E-state index contributed by atoms with van der Waals surface area (Å²) in [5.74, 6) is -0.458. The molecule has 1 heterocycles. The van der Waals surface area contributed by atoms with Crippen molar-refractivity contribution in [3.8, 4) is 22.4 Å². The number of rotatable bonds is 5. The van der Waals surface area contributed by atoms with E-state index in [9.17, 15) is 13.2 Å². The van der Waals surface area contributed by atoms with Gasteiger partial charge in [0.2, 0.25) is 0 Å². The summed E-state index contributed by atoms with van der Waals surface area (Å²) in [6.45, 7) is 0. The molecule has 4 rings (SSSR count). The van der Waals surface area contributed by atoms with Gasteiger partial charge in [0.15, 0.2) is 9.84 Å². The van der Waals surface area contributed by atoms with E-state index in [1.54, 1.807) is 48.7 Å². The molecule has 0 fully saturated rings. The number of anilines is 1. The zero-order valence-corrected chi connectivity index (χ0v) is 20.8. The van der Waals surface area contributed by atoms with Crippen LogP contribution in [0.2, 0.25) is 15.1 Å². The zero-order valence-electron chi connectivity index (χ0n) is 17.7. The maximum absolute atomic E-state index is 13.3. The van der Waals surface area contributed by atoms with E-state index in [-0.39, 0.29) is 20.5 Å². The summed E-state index contributed by atoms with van der Waals surface area (Å²) in [5.41, 5.74) is 2.82. The van der Waals surface area contributed by atoms with Gasteiger partial charge in [-0.25, -0.2) is 8.42 Å². The molecule has 0 unspecified atom stereocenters. The SMILES string of the molecule is CS(=O)(=O)c1ccc(C(=O)Nc2ccc(Cl)c(-c3ccccn3)c2)c(-c2cccc(Cl)c2Cl)c1. The van der Waals surface area contributed by atoms with Crippen LogP contribution in [0, 0.1) is 0 Å². The number of aromatic nitrogens is 1. The smallest absolute Gasteiger partial charge is 0.256 e. The predicted octanol–water partition coefficient (Wildman–Crippen LogP) is 7.03. The number of halogens is 3. The second kappa shape index (κ2) is 9.76. The van der Waals surface area contributed by atoms with E-state index in [0.29, 0.717) is 33.1 Å². The van der Waals surface area contributed by atoms with Crippen molar-refractivity contribution in [2.24, 2.45) is 0 Å². The third-order valence-electron chi connectivity index (χ3n) is 5.07. The highest BCUT2D eigenvalue weighted by Crippen LogP contribution is 2.37. The van der Waals surface area contributed by atoms with Crippen LogP contribution in [0.4, 0.5) is 5.69 Å². The first-order valence-electron chi connectivity index (χ1n) is 9.96. The molecule has 0 saturated carbocycles. The molecule has 0 bridgehead atoms. The van der Waals surface area contributed by atoms with Gasteiger partial charge >= 0.3 is 0 Å².